The van der Waals surface area contributed by atoms with E-state index in [2.05, 4.69) is 22.9 Å². The van der Waals surface area contributed by atoms with E-state index in [1.54, 1.807) is 12.4 Å². The molecule has 0 fully saturated rings. The van der Waals surface area contributed by atoms with E-state index < -0.39 is 0 Å². The molecule has 1 aromatic carbocycles. The summed E-state index contributed by atoms with van der Waals surface area (Å²) in [6.45, 7) is 0. The first kappa shape index (κ1) is 11.0. The summed E-state index contributed by atoms with van der Waals surface area (Å²) >= 11 is 4.30. The molecule has 2 rings (SSSR count). The summed E-state index contributed by atoms with van der Waals surface area (Å²) in [6.07, 6.45) is 3.66. The van der Waals surface area contributed by atoms with Crippen LogP contribution in [-0.4, -0.2) is 16.9 Å². The summed E-state index contributed by atoms with van der Waals surface area (Å²) in [6, 6.07) is 9.21. The number of rotatable bonds is 3. The fourth-order valence-electron chi connectivity index (χ4n) is 1.47. The van der Waals surface area contributed by atoms with E-state index in [1.165, 1.54) is 0 Å². The lowest BCUT2D eigenvalue weighted by atomic mass is 10.1. The number of thiol groups is 1. The molecule has 1 N–H and O–H groups in total. The molecule has 0 amide bonds. The predicted octanol–water partition coefficient (Wildman–Crippen LogP) is 2.03. The smallest absolute Gasteiger partial charge is 0.168 e. The third-order valence-corrected chi connectivity index (χ3v) is 2.77. The van der Waals surface area contributed by atoms with Crippen LogP contribution in [0.25, 0.3) is 0 Å². The van der Waals surface area contributed by atoms with Crippen LogP contribution >= 0.6 is 12.6 Å². The molecule has 0 aliphatic carbocycles. The monoisotopic (exact) mass is 232 g/mol. The van der Waals surface area contributed by atoms with E-state index in [1.807, 2.05) is 30.3 Å². The SMILES string of the molecule is O=C(CC1=NC=CNC1S)c1ccccc1. The molecule has 1 unspecified atom stereocenters. The van der Waals surface area contributed by atoms with Gasteiger partial charge in [0.1, 0.15) is 5.37 Å². The highest BCUT2D eigenvalue weighted by Gasteiger charge is 2.16. The zero-order valence-electron chi connectivity index (χ0n) is 8.63. The fraction of sp³-hybridized carbons (Fsp3) is 0.167. The van der Waals surface area contributed by atoms with Gasteiger partial charge in [-0.05, 0) is 0 Å². The number of nitrogens with one attached hydrogen (secondary N) is 1. The summed E-state index contributed by atoms with van der Waals surface area (Å²) < 4.78 is 0. The van der Waals surface area contributed by atoms with E-state index in [9.17, 15) is 4.79 Å². The first-order chi connectivity index (χ1) is 7.77. The van der Waals surface area contributed by atoms with Crippen LogP contribution in [0.1, 0.15) is 16.8 Å². The molecular weight excluding hydrogens is 220 g/mol. The minimum Gasteiger partial charge on any atom is -0.373 e. The zero-order valence-corrected chi connectivity index (χ0v) is 9.52. The first-order valence-electron chi connectivity index (χ1n) is 5.01. The maximum atomic E-state index is 11.9. The third kappa shape index (κ3) is 2.52. The fourth-order valence-corrected chi connectivity index (χ4v) is 1.71. The summed E-state index contributed by atoms with van der Waals surface area (Å²) in [5.41, 5.74) is 1.46. The van der Waals surface area contributed by atoms with Crippen LogP contribution < -0.4 is 5.32 Å². The molecule has 0 saturated heterocycles. The minimum absolute atomic E-state index is 0.0653. The summed E-state index contributed by atoms with van der Waals surface area (Å²) in [5, 5.41) is 2.82. The van der Waals surface area contributed by atoms with Gasteiger partial charge in [0.2, 0.25) is 0 Å². The Morgan fingerprint density at radius 2 is 2.12 bits per heavy atom. The average Bonchev–Trinajstić information content (AvgIpc) is 2.33. The normalized spacial score (nSPS) is 18.8. The van der Waals surface area contributed by atoms with Crippen LogP contribution in [0.4, 0.5) is 0 Å². The number of Topliss-reactive ketones (excluding diaryl/α,β-unsaturated/α-hetero) is 1. The van der Waals surface area contributed by atoms with Crippen molar-refractivity contribution in [3.8, 4) is 0 Å². The van der Waals surface area contributed by atoms with Crippen molar-refractivity contribution in [3.63, 3.8) is 0 Å². The number of carbonyl (C=O) groups excluding carboxylic acids is 1. The van der Waals surface area contributed by atoms with Gasteiger partial charge in [-0.25, -0.2) is 0 Å². The van der Waals surface area contributed by atoms with E-state index in [0.717, 1.165) is 5.71 Å². The molecule has 0 spiro atoms. The number of carbonyl (C=O) groups is 1. The van der Waals surface area contributed by atoms with E-state index >= 15 is 0 Å². The molecule has 1 aromatic rings. The van der Waals surface area contributed by atoms with Crippen molar-refractivity contribution in [2.45, 2.75) is 11.8 Å². The molecule has 0 radical (unpaired) electrons. The van der Waals surface area contributed by atoms with E-state index in [4.69, 9.17) is 0 Å². The van der Waals surface area contributed by atoms with Crippen LogP contribution in [0.15, 0.2) is 47.7 Å². The Labute approximate surface area is 99.7 Å². The predicted molar refractivity (Wildman–Crippen MR) is 67.9 cm³/mol. The van der Waals surface area contributed by atoms with Crippen molar-refractivity contribution in [1.29, 1.82) is 0 Å². The molecule has 0 bridgehead atoms. The van der Waals surface area contributed by atoms with Gasteiger partial charge in [0.15, 0.2) is 5.78 Å². The van der Waals surface area contributed by atoms with Gasteiger partial charge in [0, 0.05) is 18.0 Å². The summed E-state index contributed by atoms with van der Waals surface area (Å²) in [5.74, 6) is 0.0653. The van der Waals surface area contributed by atoms with Gasteiger partial charge in [0.25, 0.3) is 0 Å². The lowest BCUT2D eigenvalue weighted by Gasteiger charge is -2.16. The molecule has 1 aliphatic heterocycles. The molecule has 16 heavy (non-hydrogen) atoms. The zero-order chi connectivity index (χ0) is 11.4. The van der Waals surface area contributed by atoms with Crippen molar-refractivity contribution in [2.75, 3.05) is 0 Å². The number of nitrogens with zero attached hydrogens (tertiary/aromatic N) is 1. The van der Waals surface area contributed by atoms with Crippen molar-refractivity contribution in [2.24, 2.45) is 4.99 Å². The Hall–Kier alpha value is -1.55. The largest absolute Gasteiger partial charge is 0.373 e. The molecule has 3 nitrogen and oxygen atoms in total. The van der Waals surface area contributed by atoms with Gasteiger partial charge in [0.05, 0.1) is 12.1 Å². The molecular formula is C12H12N2OS. The quantitative estimate of drug-likeness (QED) is 0.618. The second kappa shape index (κ2) is 4.99. The van der Waals surface area contributed by atoms with E-state index in [-0.39, 0.29) is 11.2 Å². The van der Waals surface area contributed by atoms with Gasteiger partial charge >= 0.3 is 0 Å². The van der Waals surface area contributed by atoms with Gasteiger partial charge in [-0.3, -0.25) is 9.79 Å². The van der Waals surface area contributed by atoms with Crippen molar-refractivity contribution in [3.05, 3.63) is 48.3 Å². The van der Waals surface area contributed by atoms with Crippen molar-refractivity contribution < 1.29 is 4.79 Å². The Balaban J connectivity index is 2.08. The summed E-state index contributed by atoms with van der Waals surface area (Å²) in [4.78, 5) is 16.0. The maximum absolute atomic E-state index is 11.9. The number of aliphatic imine (C=N–C) groups is 1. The van der Waals surface area contributed by atoms with Crippen LogP contribution in [0.3, 0.4) is 0 Å². The van der Waals surface area contributed by atoms with Crippen LogP contribution in [-0.2, 0) is 0 Å². The highest BCUT2D eigenvalue weighted by molar-refractivity contribution is 7.81. The minimum atomic E-state index is -0.169. The molecule has 1 heterocycles. The van der Waals surface area contributed by atoms with Gasteiger partial charge < -0.3 is 5.32 Å². The number of hydrogen-bond acceptors (Lipinski definition) is 4. The van der Waals surface area contributed by atoms with Gasteiger partial charge in [-0.2, -0.15) is 0 Å². The van der Waals surface area contributed by atoms with Crippen molar-refractivity contribution in [1.82, 2.24) is 5.32 Å². The Morgan fingerprint density at radius 3 is 2.81 bits per heavy atom. The Kier molecular flexibility index (Phi) is 3.41. The molecule has 1 atom stereocenters. The van der Waals surface area contributed by atoms with Crippen LogP contribution in [0, 0.1) is 0 Å². The van der Waals surface area contributed by atoms with Crippen LogP contribution in [0.2, 0.25) is 0 Å². The second-order valence-electron chi connectivity index (χ2n) is 3.47. The lowest BCUT2D eigenvalue weighted by Crippen LogP contribution is -2.31. The lowest BCUT2D eigenvalue weighted by molar-refractivity contribution is 0.1000. The molecule has 0 saturated carbocycles. The number of benzene rings is 1. The number of hydrogen-bond donors (Lipinski definition) is 2. The highest BCUT2D eigenvalue weighted by atomic mass is 32.1. The van der Waals surface area contributed by atoms with Gasteiger partial charge in [-0.1, -0.05) is 30.3 Å². The number of ketones is 1. The molecule has 82 valence electrons. The average molecular weight is 232 g/mol. The van der Waals surface area contributed by atoms with Gasteiger partial charge in [-0.15, -0.1) is 12.6 Å². The Bertz CT molecular complexity index is 440. The molecule has 4 heteroatoms. The van der Waals surface area contributed by atoms with E-state index in [0.29, 0.717) is 12.0 Å². The standard InChI is InChI=1S/C12H12N2OS/c15-11(9-4-2-1-3-5-9)8-10-12(16)14-7-6-13-10/h1-7,12,14,16H,8H2. The van der Waals surface area contributed by atoms with Crippen LogP contribution in [0.5, 0.6) is 0 Å². The molecule has 0 aromatic heterocycles. The summed E-state index contributed by atoms with van der Waals surface area (Å²) in [7, 11) is 0. The third-order valence-electron chi connectivity index (χ3n) is 2.32. The maximum Gasteiger partial charge on any atom is 0.168 e. The second-order valence-corrected chi connectivity index (χ2v) is 3.99. The molecule has 1 aliphatic rings. The highest BCUT2D eigenvalue weighted by Crippen LogP contribution is 2.09. The Morgan fingerprint density at radius 1 is 1.38 bits per heavy atom. The topological polar surface area (TPSA) is 41.5 Å². The van der Waals surface area contributed by atoms with Crippen molar-refractivity contribution >= 4 is 24.1 Å². The first-order valence-corrected chi connectivity index (χ1v) is 5.53.